The van der Waals surface area contributed by atoms with Gasteiger partial charge < -0.3 is 19.1 Å². The zero-order valence-corrected chi connectivity index (χ0v) is 37.8. The Labute approximate surface area is 405 Å². The van der Waals surface area contributed by atoms with E-state index >= 15 is 0 Å². The molecule has 0 atom stereocenters. The molecule has 0 amide bonds. The second-order valence-electron chi connectivity index (χ2n) is 17.3. The van der Waals surface area contributed by atoms with E-state index in [2.05, 4.69) is 196 Å². The molecule has 0 unspecified atom stereocenters. The Kier molecular flexibility index (Phi) is 10.0. The molecule has 7 heteroatoms. The number of hydrogen-bond donors (Lipinski definition) is 0. The van der Waals surface area contributed by atoms with Crippen molar-refractivity contribution >= 4 is 55.9 Å². The maximum Gasteiger partial charge on any atom is 0.164 e. The van der Waals surface area contributed by atoms with E-state index in [9.17, 15) is 0 Å². The molecule has 0 saturated heterocycles. The lowest BCUT2D eigenvalue weighted by Gasteiger charge is -2.33. The minimum Gasteiger partial charge on any atom is -0.453 e. The van der Waals surface area contributed by atoms with E-state index in [0.717, 1.165) is 95.5 Å². The molecule has 0 spiro atoms. The topological polar surface area (TPSA) is 59.3 Å². The predicted molar refractivity (Wildman–Crippen MR) is 285 cm³/mol. The molecule has 12 aromatic rings. The van der Waals surface area contributed by atoms with Crippen molar-refractivity contribution in [3.8, 4) is 62.5 Å². The smallest absolute Gasteiger partial charge is 0.164 e. The van der Waals surface area contributed by atoms with Crippen LogP contribution in [0.3, 0.4) is 0 Å². The van der Waals surface area contributed by atoms with E-state index in [1.807, 2.05) is 72.8 Å². The van der Waals surface area contributed by atoms with E-state index in [0.29, 0.717) is 17.5 Å². The van der Waals surface area contributed by atoms with Crippen molar-refractivity contribution in [2.45, 2.75) is 0 Å². The number of para-hydroxylation sites is 5. The third kappa shape index (κ3) is 7.30. The minimum atomic E-state index is 0.614. The number of fused-ring (bicyclic) bond motifs is 5. The summed E-state index contributed by atoms with van der Waals surface area (Å²) in [4.78, 5) is 19.6. The van der Waals surface area contributed by atoms with Gasteiger partial charge in [-0.05, 0) is 114 Å². The first-order valence-electron chi connectivity index (χ1n) is 23.4. The lowest BCUT2D eigenvalue weighted by Crippen LogP contribution is -2.16. The number of anilines is 6. The molecular weight excluding hydrogens is 857 g/mol. The van der Waals surface area contributed by atoms with Gasteiger partial charge >= 0.3 is 0 Å². The molecular formula is C63H42N6O. The van der Waals surface area contributed by atoms with Crippen LogP contribution in [0.15, 0.2) is 255 Å². The van der Waals surface area contributed by atoms with Gasteiger partial charge in [0.1, 0.15) is 0 Å². The van der Waals surface area contributed by atoms with Gasteiger partial charge in [0.2, 0.25) is 0 Å². The number of rotatable bonds is 9. The predicted octanol–water partition coefficient (Wildman–Crippen LogP) is 16.7. The molecule has 2 aromatic heterocycles. The van der Waals surface area contributed by atoms with E-state index in [1.165, 1.54) is 5.39 Å². The second kappa shape index (κ2) is 17.2. The zero-order valence-electron chi connectivity index (χ0n) is 37.8. The summed E-state index contributed by atoms with van der Waals surface area (Å²) in [5.74, 6) is 3.47. The van der Waals surface area contributed by atoms with Gasteiger partial charge in [0, 0.05) is 55.9 Å². The Morgan fingerprint density at radius 3 is 1.51 bits per heavy atom. The van der Waals surface area contributed by atoms with Crippen LogP contribution < -0.4 is 14.5 Å². The van der Waals surface area contributed by atoms with Gasteiger partial charge in [0.15, 0.2) is 29.0 Å². The Hall–Kier alpha value is -9.59. The van der Waals surface area contributed by atoms with Gasteiger partial charge in [-0.25, -0.2) is 15.0 Å². The summed E-state index contributed by atoms with van der Waals surface area (Å²) in [7, 11) is 0. The molecule has 0 fully saturated rings. The first-order chi connectivity index (χ1) is 34.7. The van der Waals surface area contributed by atoms with E-state index in [1.54, 1.807) is 0 Å². The van der Waals surface area contributed by atoms with Crippen molar-refractivity contribution in [2.75, 3.05) is 9.80 Å². The van der Waals surface area contributed by atoms with Crippen molar-refractivity contribution in [3.05, 3.63) is 255 Å². The van der Waals surface area contributed by atoms with Gasteiger partial charge in [-0.2, -0.15) is 0 Å². The lowest BCUT2D eigenvalue weighted by atomic mass is 10.0. The third-order valence-electron chi connectivity index (χ3n) is 13.0. The molecule has 70 heavy (non-hydrogen) atoms. The molecule has 10 aromatic carbocycles. The van der Waals surface area contributed by atoms with E-state index < -0.39 is 0 Å². The highest BCUT2D eigenvalue weighted by atomic mass is 16.5. The molecule has 0 radical (unpaired) electrons. The summed E-state index contributed by atoms with van der Waals surface area (Å²) in [6, 6.07) is 88.6. The zero-order chi connectivity index (χ0) is 46.4. The van der Waals surface area contributed by atoms with Crippen molar-refractivity contribution in [2.24, 2.45) is 0 Å². The highest BCUT2D eigenvalue weighted by Crippen LogP contribution is 2.52. The van der Waals surface area contributed by atoms with Crippen LogP contribution in [0, 0.1) is 0 Å². The van der Waals surface area contributed by atoms with Crippen molar-refractivity contribution < 1.29 is 4.74 Å². The van der Waals surface area contributed by atoms with Crippen LogP contribution in [0.2, 0.25) is 0 Å². The number of ether oxygens (including phenoxy) is 1. The Balaban J connectivity index is 0.869. The summed E-state index contributed by atoms with van der Waals surface area (Å²) in [6.45, 7) is 0. The van der Waals surface area contributed by atoms with Crippen molar-refractivity contribution in [1.82, 2.24) is 19.5 Å². The number of hydrogen-bond acceptors (Lipinski definition) is 6. The van der Waals surface area contributed by atoms with Crippen molar-refractivity contribution in [3.63, 3.8) is 0 Å². The molecule has 13 rings (SSSR count). The van der Waals surface area contributed by atoms with Crippen LogP contribution in [0.1, 0.15) is 0 Å². The maximum absolute atomic E-state index is 6.73. The second-order valence-corrected chi connectivity index (χ2v) is 17.3. The molecule has 0 N–H and O–H groups in total. The molecule has 0 aliphatic carbocycles. The number of nitrogens with zero attached hydrogens (tertiary/aromatic N) is 6. The fraction of sp³-hybridized carbons (Fsp3) is 0. The molecule has 0 saturated carbocycles. The van der Waals surface area contributed by atoms with Crippen LogP contribution in [0.5, 0.6) is 11.5 Å². The first-order valence-corrected chi connectivity index (χ1v) is 23.4. The summed E-state index contributed by atoms with van der Waals surface area (Å²) in [6.07, 6.45) is 0. The molecule has 3 heterocycles. The first kappa shape index (κ1) is 40.7. The summed E-state index contributed by atoms with van der Waals surface area (Å²) >= 11 is 0. The van der Waals surface area contributed by atoms with Gasteiger partial charge in [0.05, 0.1) is 22.4 Å². The number of benzene rings is 10. The van der Waals surface area contributed by atoms with Gasteiger partial charge in [-0.1, -0.05) is 152 Å². The van der Waals surface area contributed by atoms with Crippen LogP contribution in [-0.2, 0) is 0 Å². The molecule has 1 aliphatic rings. The largest absolute Gasteiger partial charge is 0.453 e. The van der Waals surface area contributed by atoms with Crippen molar-refractivity contribution in [1.29, 1.82) is 0 Å². The summed E-state index contributed by atoms with van der Waals surface area (Å²) in [5.41, 5.74) is 14.4. The Morgan fingerprint density at radius 1 is 0.314 bits per heavy atom. The van der Waals surface area contributed by atoms with Gasteiger partial charge in [-0.15, -0.1) is 0 Å². The lowest BCUT2D eigenvalue weighted by molar-refractivity contribution is 0.477. The van der Waals surface area contributed by atoms with Crippen LogP contribution >= 0.6 is 0 Å². The third-order valence-corrected chi connectivity index (χ3v) is 13.0. The quantitative estimate of drug-likeness (QED) is 0.144. The molecule has 0 bridgehead atoms. The highest BCUT2D eigenvalue weighted by Gasteiger charge is 2.27. The van der Waals surface area contributed by atoms with Gasteiger partial charge in [0.25, 0.3) is 0 Å². The Bertz CT molecular complexity index is 3760. The monoisotopic (exact) mass is 898 g/mol. The van der Waals surface area contributed by atoms with E-state index in [-0.39, 0.29) is 0 Å². The molecule has 7 nitrogen and oxygen atoms in total. The number of aromatic nitrogens is 4. The summed E-state index contributed by atoms with van der Waals surface area (Å²) < 4.78 is 9.07. The maximum atomic E-state index is 6.73. The van der Waals surface area contributed by atoms with Crippen LogP contribution in [-0.4, -0.2) is 19.5 Å². The van der Waals surface area contributed by atoms with E-state index in [4.69, 9.17) is 19.7 Å². The van der Waals surface area contributed by atoms with Crippen LogP contribution in [0.25, 0.3) is 72.8 Å². The van der Waals surface area contributed by atoms with Crippen LogP contribution in [0.4, 0.5) is 34.1 Å². The van der Waals surface area contributed by atoms with Gasteiger partial charge in [-0.3, -0.25) is 0 Å². The average molecular weight is 899 g/mol. The normalized spacial score (nSPS) is 11.8. The molecule has 1 aliphatic heterocycles. The summed E-state index contributed by atoms with van der Waals surface area (Å²) in [5, 5.41) is 2.32. The fourth-order valence-electron chi connectivity index (χ4n) is 9.72. The Morgan fingerprint density at radius 2 is 0.829 bits per heavy atom. The molecule has 330 valence electrons. The fourth-order valence-corrected chi connectivity index (χ4v) is 9.72. The minimum absolute atomic E-state index is 0.614. The average Bonchev–Trinajstić information content (AvgIpc) is 3.77. The standard InChI is InChI=1S/C63H42N6O/c1-5-18-43(19-6-1)61-64-62(44-20-7-2-8-21-44)66-63(65-61)47-22-17-27-52(40-47)69-55-29-14-13-28-53(55)54-41-45(32-38-56(54)69)46-33-39-58-60(42-46)70-59-31-16-15-30-57(59)68(58)51-36-34-50(35-37-51)67(48-23-9-3-10-24-48)49-25-11-4-12-26-49/h1-42H. The SMILES string of the molecule is c1ccc(-c2nc(-c3ccccc3)nc(-c3cccc(-n4c5ccccc5c5cc(-c6ccc7c(c6)Oc6ccccc6N7c6ccc(N(c7ccccc7)c7ccccc7)cc6)ccc54)c3)n2)cc1. The highest BCUT2D eigenvalue weighted by molar-refractivity contribution is 6.10.